The van der Waals surface area contributed by atoms with Crippen LogP contribution in [0, 0.1) is 0 Å². The molecular weight excluding hydrogens is 340 g/mol. The molecule has 1 aliphatic rings. The fourth-order valence-corrected chi connectivity index (χ4v) is 3.13. The van der Waals surface area contributed by atoms with Gasteiger partial charge in [-0.05, 0) is 36.2 Å². The molecule has 1 aromatic carbocycles. The highest BCUT2D eigenvalue weighted by Crippen LogP contribution is 2.39. The number of rotatable bonds is 4. The zero-order valence-corrected chi connectivity index (χ0v) is 14.4. The second kappa shape index (κ2) is 7.07. The van der Waals surface area contributed by atoms with Gasteiger partial charge < -0.3 is 10.0 Å². The molecule has 128 valence electrons. The lowest BCUT2D eigenvalue weighted by atomic mass is 9.95. The standard InChI is InChI=1S/C19H17ClN2O3/c1-2-11-22-16(12-3-5-14(20)6-4-12)15(18(24)19(22)25)17(23)13-7-9-21-10-8-13/h3-10,16,23H,2,11H2,1H3/b17-15-. The first kappa shape index (κ1) is 17.2. The van der Waals surface area contributed by atoms with E-state index in [1.54, 1.807) is 36.4 Å². The average Bonchev–Trinajstić information content (AvgIpc) is 2.88. The second-order valence-electron chi connectivity index (χ2n) is 5.78. The van der Waals surface area contributed by atoms with E-state index in [1.165, 1.54) is 17.3 Å². The normalized spacial score (nSPS) is 19.4. The molecule has 3 rings (SSSR count). The molecule has 2 heterocycles. The van der Waals surface area contributed by atoms with Crippen molar-refractivity contribution in [3.63, 3.8) is 0 Å². The molecule has 1 fully saturated rings. The Labute approximate surface area is 150 Å². The minimum atomic E-state index is -0.678. The molecule has 1 amide bonds. The van der Waals surface area contributed by atoms with Crippen LogP contribution in [0.25, 0.3) is 5.76 Å². The van der Waals surface area contributed by atoms with Gasteiger partial charge in [-0.15, -0.1) is 0 Å². The van der Waals surface area contributed by atoms with E-state index >= 15 is 0 Å². The number of amides is 1. The summed E-state index contributed by atoms with van der Waals surface area (Å²) < 4.78 is 0. The Balaban J connectivity index is 2.18. The molecule has 1 aromatic heterocycles. The van der Waals surface area contributed by atoms with Gasteiger partial charge in [-0.2, -0.15) is 0 Å². The molecule has 1 atom stereocenters. The molecule has 0 saturated carbocycles. The lowest BCUT2D eigenvalue weighted by molar-refractivity contribution is -0.139. The summed E-state index contributed by atoms with van der Waals surface area (Å²) in [4.78, 5) is 30.5. The van der Waals surface area contributed by atoms with Crippen LogP contribution in [0.2, 0.25) is 5.02 Å². The minimum Gasteiger partial charge on any atom is -0.507 e. The van der Waals surface area contributed by atoms with Crippen LogP contribution in [0.3, 0.4) is 0 Å². The maximum Gasteiger partial charge on any atom is 0.295 e. The summed E-state index contributed by atoms with van der Waals surface area (Å²) in [6.45, 7) is 2.35. The van der Waals surface area contributed by atoms with Crippen molar-refractivity contribution in [3.05, 3.63) is 70.5 Å². The number of hydrogen-bond donors (Lipinski definition) is 1. The van der Waals surface area contributed by atoms with Crippen molar-refractivity contribution in [1.82, 2.24) is 9.88 Å². The van der Waals surface area contributed by atoms with Gasteiger partial charge in [0.2, 0.25) is 0 Å². The number of carbonyl (C=O) groups is 2. The minimum absolute atomic E-state index is 0.0898. The average molecular weight is 357 g/mol. The Hall–Kier alpha value is -2.66. The van der Waals surface area contributed by atoms with Crippen LogP contribution < -0.4 is 0 Å². The van der Waals surface area contributed by atoms with Crippen LogP contribution in [0.4, 0.5) is 0 Å². The van der Waals surface area contributed by atoms with Crippen molar-refractivity contribution >= 4 is 29.1 Å². The van der Waals surface area contributed by atoms with Gasteiger partial charge in [0.05, 0.1) is 11.6 Å². The molecule has 1 N–H and O–H groups in total. The molecule has 1 saturated heterocycles. The molecule has 0 spiro atoms. The molecule has 1 unspecified atom stereocenters. The summed E-state index contributed by atoms with van der Waals surface area (Å²) in [7, 11) is 0. The highest BCUT2D eigenvalue weighted by atomic mass is 35.5. The molecule has 1 aliphatic heterocycles. The number of halogens is 1. The van der Waals surface area contributed by atoms with Crippen molar-refractivity contribution in [2.24, 2.45) is 0 Å². The van der Waals surface area contributed by atoms with Gasteiger partial charge >= 0.3 is 0 Å². The van der Waals surface area contributed by atoms with E-state index in [0.717, 1.165) is 5.56 Å². The number of likely N-dealkylation sites (tertiary alicyclic amines) is 1. The number of Topliss-reactive ketones (excluding diaryl/α,β-unsaturated/α-hetero) is 1. The fourth-order valence-electron chi connectivity index (χ4n) is 3.01. The first-order valence-corrected chi connectivity index (χ1v) is 8.36. The van der Waals surface area contributed by atoms with Crippen molar-refractivity contribution in [2.45, 2.75) is 19.4 Å². The number of pyridine rings is 1. The van der Waals surface area contributed by atoms with Gasteiger partial charge in [-0.3, -0.25) is 14.6 Å². The summed E-state index contributed by atoms with van der Waals surface area (Å²) in [6, 6.07) is 9.50. The predicted octanol–water partition coefficient (Wildman–Crippen LogP) is 3.57. The van der Waals surface area contributed by atoms with Crippen LogP contribution >= 0.6 is 11.6 Å². The van der Waals surface area contributed by atoms with E-state index in [-0.39, 0.29) is 11.3 Å². The lowest BCUT2D eigenvalue weighted by Crippen LogP contribution is -2.30. The quantitative estimate of drug-likeness (QED) is 0.516. The molecule has 0 aliphatic carbocycles. The van der Waals surface area contributed by atoms with E-state index in [1.807, 2.05) is 6.92 Å². The molecule has 6 heteroatoms. The lowest BCUT2D eigenvalue weighted by Gasteiger charge is -2.24. The zero-order chi connectivity index (χ0) is 18.0. The highest BCUT2D eigenvalue weighted by molar-refractivity contribution is 6.46. The maximum atomic E-state index is 12.6. The first-order valence-electron chi connectivity index (χ1n) is 7.99. The number of benzene rings is 1. The Morgan fingerprint density at radius 1 is 1.16 bits per heavy atom. The molecule has 0 bridgehead atoms. The van der Waals surface area contributed by atoms with Crippen molar-refractivity contribution in [1.29, 1.82) is 0 Å². The van der Waals surface area contributed by atoms with E-state index in [9.17, 15) is 14.7 Å². The number of ketones is 1. The fraction of sp³-hybridized carbons (Fsp3) is 0.211. The number of hydrogen-bond acceptors (Lipinski definition) is 4. The van der Waals surface area contributed by atoms with Gasteiger partial charge in [-0.1, -0.05) is 30.7 Å². The number of nitrogens with zero attached hydrogens (tertiary/aromatic N) is 2. The number of carbonyl (C=O) groups excluding carboxylic acids is 2. The van der Waals surface area contributed by atoms with E-state index in [4.69, 9.17) is 11.6 Å². The second-order valence-corrected chi connectivity index (χ2v) is 6.22. The van der Waals surface area contributed by atoms with Crippen molar-refractivity contribution in [3.8, 4) is 0 Å². The topological polar surface area (TPSA) is 70.5 Å². The summed E-state index contributed by atoms with van der Waals surface area (Å²) in [5, 5.41) is 11.3. The largest absolute Gasteiger partial charge is 0.507 e. The summed E-state index contributed by atoms with van der Waals surface area (Å²) in [6.07, 6.45) is 3.75. The van der Waals surface area contributed by atoms with Crippen molar-refractivity contribution < 1.29 is 14.7 Å². The molecule has 0 radical (unpaired) electrons. The Bertz CT molecular complexity index is 832. The monoisotopic (exact) mass is 356 g/mol. The Morgan fingerprint density at radius 3 is 2.40 bits per heavy atom. The van der Waals surface area contributed by atoms with Gasteiger partial charge in [0, 0.05) is 29.5 Å². The van der Waals surface area contributed by atoms with Crippen molar-refractivity contribution in [2.75, 3.05) is 6.54 Å². The molecule has 2 aromatic rings. The first-order chi connectivity index (χ1) is 12.0. The smallest absolute Gasteiger partial charge is 0.295 e. The number of aliphatic hydroxyl groups excluding tert-OH is 1. The summed E-state index contributed by atoms with van der Waals surface area (Å²) >= 11 is 5.95. The van der Waals surface area contributed by atoms with Gasteiger partial charge in [0.25, 0.3) is 11.7 Å². The van der Waals surface area contributed by atoms with Gasteiger partial charge in [0.15, 0.2) is 0 Å². The zero-order valence-electron chi connectivity index (χ0n) is 13.6. The van der Waals surface area contributed by atoms with Crippen LogP contribution in [-0.2, 0) is 9.59 Å². The highest BCUT2D eigenvalue weighted by Gasteiger charge is 2.45. The molecular formula is C19H17ClN2O3. The van der Waals surface area contributed by atoms with Gasteiger partial charge in [-0.25, -0.2) is 0 Å². The molecule has 25 heavy (non-hydrogen) atoms. The SMILES string of the molecule is CCCN1C(=O)C(=O)/C(=C(\O)c2ccncc2)C1c1ccc(Cl)cc1. The Morgan fingerprint density at radius 2 is 1.80 bits per heavy atom. The van der Waals surface area contributed by atoms with Crippen LogP contribution in [0.5, 0.6) is 0 Å². The summed E-state index contributed by atoms with van der Waals surface area (Å²) in [5.41, 5.74) is 1.27. The third-order valence-corrected chi connectivity index (χ3v) is 4.40. The van der Waals surface area contributed by atoms with Crippen LogP contribution in [0.15, 0.2) is 54.4 Å². The van der Waals surface area contributed by atoms with Crippen LogP contribution in [-0.4, -0.2) is 33.2 Å². The third kappa shape index (κ3) is 3.15. The van der Waals surface area contributed by atoms with Gasteiger partial charge in [0.1, 0.15) is 5.76 Å². The molecule has 5 nitrogen and oxygen atoms in total. The maximum absolute atomic E-state index is 12.6. The summed E-state index contributed by atoms with van der Waals surface area (Å²) in [5.74, 6) is -1.47. The van der Waals surface area contributed by atoms with Crippen LogP contribution in [0.1, 0.15) is 30.5 Å². The van der Waals surface area contributed by atoms with E-state index < -0.39 is 17.7 Å². The van der Waals surface area contributed by atoms with E-state index in [0.29, 0.717) is 23.6 Å². The Kier molecular flexibility index (Phi) is 4.86. The third-order valence-electron chi connectivity index (χ3n) is 4.14. The predicted molar refractivity (Wildman–Crippen MR) is 95.0 cm³/mol. The number of aromatic nitrogens is 1. The van der Waals surface area contributed by atoms with E-state index in [2.05, 4.69) is 4.98 Å². The number of aliphatic hydroxyl groups is 1.